The van der Waals surface area contributed by atoms with Crippen LogP contribution in [0.4, 0.5) is 5.82 Å². The van der Waals surface area contributed by atoms with Crippen molar-refractivity contribution in [3.05, 3.63) is 42.4 Å². The molecule has 0 N–H and O–H groups in total. The summed E-state index contributed by atoms with van der Waals surface area (Å²) in [7, 11) is 0. The van der Waals surface area contributed by atoms with Crippen molar-refractivity contribution in [3.8, 4) is 0 Å². The van der Waals surface area contributed by atoms with Crippen LogP contribution in [-0.4, -0.2) is 51.0 Å². The molecule has 2 aliphatic heterocycles. The predicted molar refractivity (Wildman–Crippen MR) is 97.2 cm³/mol. The standard InChI is InChI=1S/C19H26N6/c1-19(2,3)16-7-18(23-13-22-16)25-10-14-8-24(9-15(14)11-25)12-17-20-5-4-6-21-17/h4-7,13-15H,8-12H2,1-3H3. The van der Waals surface area contributed by atoms with E-state index in [0.717, 1.165) is 50.1 Å². The summed E-state index contributed by atoms with van der Waals surface area (Å²) in [5.41, 5.74) is 1.16. The zero-order valence-electron chi connectivity index (χ0n) is 15.3. The second-order valence-electron chi connectivity index (χ2n) is 8.30. The summed E-state index contributed by atoms with van der Waals surface area (Å²) in [6, 6.07) is 4.03. The molecular weight excluding hydrogens is 312 g/mol. The van der Waals surface area contributed by atoms with Gasteiger partial charge in [-0.1, -0.05) is 20.8 Å². The lowest BCUT2D eigenvalue weighted by molar-refractivity contribution is 0.301. The minimum atomic E-state index is 0.0553. The second kappa shape index (κ2) is 6.33. The molecule has 0 aromatic carbocycles. The third kappa shape index (κ3) is 3.49. The first kappa shape index (κ1) is 16.4. The van der Waals surface area contributed by atoms with Crippen molar-refractivity contribution in [2.45, 2.75) is 32.7 Å². The Balaban J connectivity index is 1.40. The monoisotopic (exact) mass is 338 g/mol. The largest absolute Gasteiger partial charge is 0.356 e. The molecule has 2 aliphatic rings. The van der Waals surface area contributed by atoms with Crippen LogP contribution in [0.5, 0.6) is 0 Å². The third-order valence-electron chi connectivity index (χ3n) is 5.29. The van der Waals surface area contributed by atoms with Gasteiger partial charge in [-0.05, 0) is 17.9 Å². The summed E-state index contributed by atoms with van der Waals surface area (Å²) in [6.45, 7) is 11.8. The fraction of sp³-hybridized carbons (Fsp3) is 0.579. The highest BCUT2D eigenvalue weighted by Crippen LogP contribution is 2.34. The lowest BCUT2D eigenvalue weighted by Gasteiger charge is -2.24. The van der Waals surface area contributed by atoms with Crippen molar-refractivity contribution in [2.75, 3.05) is 31.1 Å². The fourth-order valence-corrected chi connectivity index (χ4v) is 3.95. The molecule has 2 aromatic rings. The molecule has 2 unspecified atom stereocenters. The maximum atomic E-state index is 4.53. The minimum absolute atomic E-state index is 0.0553. The van der Waals surface area contributed by atoms with Crippen LogP contribution in [0.2, 0.25) is 0 Å². The SMILES string of the molecule is CC(C)(C)c1cc(N2CC3CN(Cc4ncccn4)CC3C2)ncn1. The van der Waals surface area contributed by atoms with E-state index in [4.69, 9.17) is 0 Å². The summed E-state index contributed by atoms with van der Waals surface area (Å²) in [5.74, 6) is 3.41. The first-order valence-electron chi connectivity index (χ1n) is 9.05. The van der Waals surface area contributed by atoms with Gasteiger partial charge >= 0.3 is 0 Å². The molecule has 2 atom stereocenters. The average molecular weight is 338 g/mol. The smallest absolute Gasteiger partial charge is 0.142 e. The van der Waals surface area contributed by atoms with E-state index in [1.807, 2.05) is 18.5 Å². The van der Waals surface area contributed by atoms with Crippen LogP contribution in [0.1, 0.15) is 32.3 Å². The van der Waals surface area contributed by atoms with Crippen molar-refractivity contribution < 1.29 is 0 Å². The van der Waals surface area contributed by atoms with Crippen LogP contribution in [0, 0.1) is 11.8 Å². The zero-order chi connectivity index (χ0) is 17.4. The Hall–Kier alpha value is -2.08. The van der Waals surface area contributed by atoms with Gasteiger partial charge in [-0.2, -0.15) is 0 Å². The first-order chi connectivity index (χ1) is 12.0. The summed E-state index contributed by atoms with van der Waals surface area (Å²) in [5, 5.41) is 0. The van der Waals surface area contributed by atoms with E-state index >= 15 is 0 Å². The number of hydrogen-bond donors (Lipinski definition) is 0. The molecule has 2 aromatic heterocycles. The molecule has 0 bridgehead atoms. The number of anilines is 1. The van der Waals surface area contributed by atoms with Crippen LogP contribution in [0.3, 0.4) is 0 Å². The third-order valence-corrected chi connectivity index (χ3v) is 5.29. The average Bonchev–Trinajstić information content (AvgIpc) is 3.13. The van der Waals surface area contributed by atoms with Gasteiger partial charge in [0.1, 0.15) is 18.0 Å². The topological polar surface area (TPSA) is 58.0 Å². The highest BCUT2D eigenvalue weighted by Gasteiger charge is 2.40. The maximum Gasteiger partial charge on any atom is 0.142 e. The first-order valence-corrected chi connectivity index (χ1v) is 9.05. The number of nitrogens with zero attached hydrogens (tertiary/aromatic N) is 6. The molecule has 0 spiro atoms. The van der Waals surface area contributed by atoms with Gasteiger partial charge in [0.05, 0.1) is 12.2 Å². The van der Waals surface area contributed by atoms with Crippen LogP contribution in [-0.2, 0) is 12.0 Å². The van der Waals surface area contributed by atoms with Crippen molar-refractivity contribution in [3.63, 3.8) is 0 Å². The Bertz CT molecular complexity index is 712. The quantitative estimate of drug-likeness (QED) is 0.854. The van der Waals surface area contributed by atoms with Gasteiger partial charge in [0.15, 0.2) is 0 Å². The molecule has 4 heterocycles. The van der Waals surface area contributed by atoms with Gasteiger partial charge in [-0.25, -0.2) is 19.9 Å². The van der Waals surface area contributed by atoms with Crippen molar-refractivity contribution in [1.82, 2.24) is 24.8 Å². The highest BCUT2D eigenvalue weighted by molar-refractivity contribution is 5.42. The van der Waals surface area contributed by atoms with Gasteiger partial charge < -0.3 is 4.90 Å². The minimum Gasteiger partial charge on any atom is -0.356 e. The summed E-state index contributed by atoms with van der Waals surface area (Å²) in [4.78, 5) is 22.6. The molecule has 0 saturated carbocycles. The highest BCUT2D eigenvalue weighted by atomic mass is 15.3. The van der Waals surface area contributed by atoms with E-state index in [1.165, 1.54) is 0 Å². The molecule has 2 saturated heterocycles. The van der Waals surface area contributed by atoms with Crippen LogP contribution in [0.15, 0.2) is 30.9 Å². The molecule has 132 valence electrons. The molecule has 6 heteroatoms. The van der Waals surface area contributed by atoms with Gasteiger partial charge in [0.25, 0.3) is 0 Å². The van der Waals surface area contributed by atoms with E-state index in [-0.39, 0.29) is 5.41 Å². The van der Waals surface area contributed by atoms with E-state index in [2.05, 4.69) is 56.6 Å². The number of hydrogen-bond acceptors (Lipinski definition) is 6. The molecule has 0 radical (unpaired) electrons. The van der Waals surface area contributed by atoms with E-state index in [0.29, 0.717) is 11.8 Å². The predicted octanol–water partition coefficient (Wildman–Crippen LogP) is 2.13. The molecule has 25 heavy (non-hydrogen) atoms. The van der Waals surface area contributed by atoms with Crippen LogP contribution < -0.4 is 4.90 Å². The number of aromatic nitrogens is 4. The Morgan fingerprint density at radius 1 is 0.960 bits per heavy atom. The summed E-state index contributed by atoms with van der Waals surface area (Å²) < 4.78 is 0. The van der Waals surface area contributed by atoms with Gasteiger partial charge in [0.2, 0.25) is 0 Å². The molecule has 2 fully saturated rings. The van der Waals surface area contributed by atoms with Gasteiger partial charge in [0, 0.05) is 50.1 Å². The van der Waals surface area contributed by atoms with Crippen molar-refractivity contribution in [1.29, 1.82) is 0 Å². The maximum absolute atomic E-state index is 4.53. The van der Waals surface area contributed by atoms with E-state index < -0.39 is 0 Å². The van der Waals surface area contributed by atoms with E-state index in [1.54, 1.807) is 6.33 Å². The second-order valence-corrected chi connectivity index (χ2v) is 8.30. The number of fused-ring (bicyclic) bond motifs is 1. The van der Waals surface area contributed by atoms with Crippen LogP contribution in [0.25, 0.3) is 0 Å². The Morgan fingerprint density at radius 3 is 2.28 bits per heavy atom. The Labute approximate surface area is 149 Å². The number of likely N-dealkylation sites (tertiary alicyclic amines) is 1. The molecule has 0 aliphatic carbocycles. The van der Waals surface area contributed by atoms with Crippen LogP contribution >= 0.6 is 0 Å². The van der Waals surface area contributed by atoms with Gasteiger partial charge in [-0.15, -0.1) is 0 Å². The summed E-state index contributed by atoms with van der Waals surface area (Å²) >= 11 is 0. The number of rotatable bonds is 3. The Kier molecular flexibility index (Phi) is 4.15. The van der Waals surface area contributed by atoms with Crippen molar-refractivity contribution in [2.24, 2.45) is 11.8 Å². The molecule has 6 nitrogen and oxygen atoms in total. The zero-order valence-corrected chi connectivity index (χ0v) is 15.3. The summed E-state index contributed by atoms with van der Waals surface area (Å²) in [6.07, 6.45) is 5.36. The molecule has 4 rings (SSSR count). The lowest BCUT2D eigenvalue weighted by Crippen LogP contribution is -2.29. The Morgan fingerprint density at radius 2 is 1.64 bits per heavy atom. The fourth-order valence-electron chi connectivity index (χ4n) is 3.95. The lowest BCUT2D eigenvalue weighted by atomic mass is 9.92. The van der Waals surface area contributed by atoms with E-state index in [9.17, 15) is 0 Å². The van der Waals surface area contributed by atoms with Crippen molar-refractivity contribution >= 4 is 5.82 Å². The normalized spacial score (nSPS) is 23.9. The van der Waals surface area contributed by atoms with Gasteiger partial charge in [-0.3, -0.25) is 4.90 Å². The molecular formula is C19H26N6. The molecule has 0 amide bonds.